The summed E-state index contributed by atoms with van der Waals surface area (Å²) in [6.07, 6.45) is -5.97. The summed E-state index contributed by atoms with van der Waals surface area (Å²) in [7, 11) is 0. The maximum absolute atomic E-state index is 12.1. The van der Waals surface area contributed by atoms with Gasteiger partial charge >= 0.3 is 12.1 Å². The molecule has 1 aromatic rings. The molecule has 0 amide bonds. The molecule has 0 radical (unpaired) electrons. The highest BCUT2D eigenvalue weighted by Gasteiger charge is 2.30. The van der Waals surface area contributed by atoms with Crippen LogP contribution in [0.3, 0.4) is 0 Å². The molecule has 0 aromatic heterocycles. The molecule has 1 rings (SSSR count). The fourth-order valence-electron chi connectivity index (χ4n) is 1.19. The molecule has 0 aliphatic rings. The molecule has 7 heteroatoms. The molecule has 0 atom stereocenters. The van der Waals surface area contributed by atoms with Gasteiger partial charge in [-0.05, 0) is 12.1 Å². The number of benzene rings is 1. The summed E-state index contributed by atoms with van der Waals surface area (Å²) in [5.41, 5.74) is 3.86. The molecule has 0 aliphatic heterocycles. The maximum Gasteiger partial charge on any atom is 0.393 e. The van der Waals surface area contributed by atoms with E-state index in [4.69, 9.17) is 10.8 Å². The van der Waals surface area contributed by atoms with E-state index in [1.54, 1.807) is 0 Å². The fourth-order valence-corrected chi connectivity index (χ4v) is 1.19. The second-order valence-electron chi connectivity index (χ2n) is 3.17. The first-order valence-corrected chi connectivity index (χ1v) is 4.12. The van der Waals surface area contributed by atoms with Gasteiger partial charge in [0.25, 0.3) is 0 Å². The maximum atomic E-state index is 12.1. The number of aromatic carboxylic acids is 1. The fraction of sp³-hybridized carbons (Fsp3) is 0.222. The Balaban J connectivity index is 3.22. The predicted molar refractivity (Wildman–Crippen MR) is 49.2 cm³/mol. The monoisotopic (exact) mass is 235 g/mol. The summed E-state index contributed by atoms with van der Waals surface area (Å²) in [6, 6.07) is 1.65. The van der Waals surface area contributed by atoms with Crippen molar-refractivity contribution >= 4 is 11.7 Å². The van der Waals surface area contributed by atoms with Gasteiger partial charge in [-0.3, -0.25) is 0 Å². The van der Waals surface area contributed by atoms with Crippen molar-refractivity contribution in [3.8, 4) is 5.75 Å². The first-order valence-electron chi connectivity index (χ1n) is 4.12. The van der Waals surface area contributed by atoms with Crippen LogP contribution >= 0.6 is 0 Å². The van der Waals surface area contributed by atoms with Gasteiger partial charge in [0.2, 0.25) is 0 Å². The molecule has 0 aliphatic carbocycles. The molecule has 0 spiro atoms. The highest BCUT2D eigenvalue weighted by Crippen LogP contribution is 2.32. The van der Waals surface area contributed by atoms with Gasteiger partial charge in [-0.25, -0.2) is 4.79 Å². The number of rotatable bonds is 2. The van der Waals surface area contributed by atoms with Crippen LogP contribution in [0.4, 0.5) is 18.9 Å². The van der Waals surface area contributed by atoms with Crippen LogP contribution in [0.1, 0.15) is 15.9 Å². The summed E-state index contributed by atoms with van der Waals surface area (Å²) >= 11 is 0. The number of hydrogen-bond acceptors (Lipinski definition) is 3. The summed E-state index contributed by atoms with van der Waals surface area (Å²) in [5, 5.41) is 17.9. The lowest BCUT2D eigenvalue weighted by Gasteiger charge is -2.10. The SMILES string of the molecule is Nc1cc(C(=O)O)cc(CC(F)(F)F)c1O. The Morgan fingerprint density at radius 2 is 1.94 bits per heavy atom. The van der Waals surface area contributed by atoms with Crippen LogP contribution in [0.25, 0.3) is 0 Å². The topological polar surface area (TPSA) is 83.6 Å². The lowest BCUT2D eigenvalue weighted by molar-refractivity contribution is -0.127. The van der Waals surface area contributed by atoms with Crippen molar-refractivity contribution in [2.24, 2.45) is 0 Å². The van der Waals surface area contributed by atoms with E-state index in [0.717, 1.165) is 12.1 Å². The number of aromatic hydroxyl groups is 1. The largest absolute Gasteiger partial charge is 0.505 e. The average Bonchev–Trinajstić information content (AvgIpc) is 2.10. The zero-order valence-electron chi connectivity index (χ0n) is 7.88. The Bertz CT molecular complexity index is 429. The summed E-state index contributed by atoms with van der Waals surface area (Å²) < 4.78 is 36.3. The average molecular weight is 235 g/mol. The molecule has 1 aromatic carbocycles. The van der Waals surface area contributed by atoms with Crippen molar-refractivity contribution in [2.45, 2.75) is 12.6 Å². The van der Waals surface area contributed by atoms with Crippen LogP contribution in [0.15, 0.2) is 12.1 Å². The molecule has 4 N–H and O–H groups in total. The number of alkyl halides is 3. The number of carboxylic acids is 1. The number of carbonyl (C=O) groups is 1. The molecule has 88 valence electrons. The van der Waals surface area contributed by atoms with E-state index in [1.165, 1.54) is 0 Å². The normalized spacial score (nSPS) is 11.4. The summed E-state index contributed by atoms with van der Waals surface area (Å²) in [6.45, 7) is 0. The molecule has 0 fully saturated rings. The Kier molecular flexibility index (Phi) is 2.97. The number of halogens is 3. The Hall–Kier alpha value is -1.92. The van der Waals surface area contributed by atoms with E-state index < -0.39 is 35.4 Å². The highest BCUT2D eigenvalue weighted by atomic mass is 19.4. The van der Waals surface area contributed by atoms with Gasteiger partial charge in [0.1, 0.15) is 5.75 Å². The van der Waals surface area contributed by atoms with Crippen molar-refractivity contribution in [3.63, 3.8) is 0 Å². The van der Waals surface area contributed by atoms with Crippen molar-refractivity contribution in [1.82, 2.24) is 0 Å². The summed E-state index contributed by atoms with van der Waals surface area (Å²) in [5.74, 6) is -2.14. The quantitative estimate of drug-likeness (QED) is 0.539. The minimum Gasteiger partial charge on any atom is -0.505 e. The van der Waals surface area contributed by atoms with Crippen LogP contribution in [-0.2, 0) is 6.42 Å². The van der Waals surface area contributed by atoms with Crippen LogP contribution in [0.2, 0.25) is 0 Å². The number of anilines is 1. The van der Waals surface area contributed by atoms with Gasteiger partial charge in [-0.15, -0.1) is 0 Å². The predicted octanol–water partition coefficient (Wildman–Crippen LogP) is 1.78. The van der Waals surface area contributed by atoms with E-state index >= 15 is 0 Å². The Morgan fingerprint density at radius 3 is 2.38 bits per heavy atom. The van der Waals surface area contributed by atoms with Crippen LogP contribution in [0.5, 0.6) is 5.75 Å². The van der Waals surface area contributed by atoms with Crippen molar-refractivity contribution < 1.29 is 28.2 Å². The second-order valence-corrected chi connectivity index (χ2v) is 3.17. The molecule has 0 saturated carbocycles. The van der Waals surface area contributed by atoms with E-state index in [9.17, 15) is 23.1 Å². The molecule has 0 saturated heterocycles. The van der Waals surface area contributed by atoms with Crippen LogP contribution < -0.4 is 5.73 Å². The Labute approximate surface area is 88.1 Å². The standard InChI is InChI=1S/C9H8F3NO3/c10-9(11,12)3-5-1-4(8(15)16)2-6(13)7(5)14/h1-2,14H,3,13H2,(H,15,16). The molecular formula is C9H8F3NO3. The number of nitrogens with two attached hydrogens (primary N) is 1. The first-order chi connectivity index (χ1) is 7.20. The lowest BCUT2D eigenvalue weighted by Crippen LogP contribution is -2.13. The zero-order chi connectivity index (χ0) is 12.5. The number of phenolic OH excluding ortho intramolecular Hbond substituents is 1. The van der Waals surface area contributed by atoms with Gasteiger partial charge in [0.15, 0.2) is 0 Å². The van der Waals surface area contributed by atoms with Crippen molar-refractivity contribution in [1.29, 1.82) is 0 Å². The molecule has 0 unspecified atom stereocenters. The third-order valence-corrected chi connectivity index (χ3v) is 1.86. The number of hydrogen-bond donors (Lipinski definition) is 3. The third-order valence-electron chi connectivity index (χ3n) is 1.86. The van der Waals surface area contributed by atoms with Gasteiger partial charge in [0, 0.05) is 5.56 Å². The minimum atomic E-state index is -4.54. The smallest absolute Gasteiger partial charge is 0.393 e. The molecule has 4 nitrogen and oxygen atoms in total. The van der Waals surface area contributed by atoms with Gasteiger partial charge in [-0.1, -0.05) is 0 Å². The number of carboxylic acid groups (broad SMARTS) is 1. The molecule has 0 heterocycles. The Morgan fingerprint density at radius 1 is 1.38 bits per heavy atom. The van der Waals surface area contributed by atoms with E-state index in [-0.39, 0.29) is 5.69 Å². The van der Waals surface area contributed by atoms with Crippen LogP contribution in [-0.4, -0.2) is 22.4 Å². The lowest BCUT2D eigenvalue weighted by atomic mass is 10.0. The van der Waals surface area contributed by atoms with Gasteiger partial charge < -0.3 is 15.9 Å². The van der Waals surface area contributed by atoms with Crippen LogP contribution in [0, 0.1) is 0 Å². The van der Waals surface area contributed by atoms with Gasteiger partial charge in [-0.2, -0.15) is 13.2 Å². The number of nitrogen functional groups attached to an aromatic ring is 1. The van der Waals surface area contributed by atoms with E-state index in [2.05, 4.69) is 0 Å². The molecule has 16 heavy (non-hydrogen) atoms. The van der Waals surface area contributed by atoms with Crippen molar-refractivity contribution in [3.05, 3.63) is 23.3 Å². The number of phenols is 1. The summed E-state index contributed by atoms with van der Waals surface area (Å²) in [4.78, 5) is 10.6. The zero-order valence-corrected chi connectivity index (χ0v) is 7.88. The molecular weight excluding hydrogens is 227 g/mol. The minimum absolute atomic E-state index is 0.390. The highest BCUT2D eigenvalue weighted by molar-refractivity contribution is 5.89. The third kappa shape index (κ3) is 2.78. The first kappa shape index (κ1) is 12.2. The van der Waals surface area contributed by atoms with E-state index in [0.29, 0.717) is 0 Å². The van der Waals surface area contributed by atoms with Crippen molar-refractivity contribution in [2.75, 3.05) is 5.73 Å². The second kappa shape index (κ2) is 3.92. The van der Waals surface area contributed by atoms with E-state index in [1.807, 2.05) is 0 Å². The molecule has 0 bridgehead atoms. The van der Waals surface area contributed by atoms with Gasteiger partial charge in [0.05, 0.1) is 17.7 Å².